The lowest BCUT2D eigenvalue weighted by molar-refractivity contribution is -0.118. The number of halogens is 2. The predicted molar refractivity (Wildman–Crippen MR) is 124 cm³/mol. The van der Waals surface area contributed by atoms with E-state index in [1.807, 2.05) is 35.2 Å². The fourth-order valence-corrected chi connectivity index (χ4v) is 4.61. The van der Waals surface area contributed by atoms with Gasteiger partial charge in [-0.2, -0.15) is 8.78 Å². The third-order valence-electron chi connectivity index (χ3n) is 5.52. The van der Waals surface area contributed by atoms with E-state index in [1.165, 1.54) is 0 Å². The number of hydrogen-bond donors (Lipinski definition) is 1. The van der Waals surface area contributed by atoms with Crippen molar-refractivity contribution in [2.24, 2.45) is 0 Å². The monoisotopic (exact) mass is 461 g/mol. The first-order chi connectivity index (χ1) is 15.5. The Bertz CT molecular complexity index is 890. The first-order valence-electron chi connectivity index (χ1n) is 10.9. The summed E-state index contributed by atoms with van der Waals surface area (Å²) in [4.78, 5) is 29.8. The fourth-order valence-electron chi connectivity index (χ4n) is 4.02. The van der Waals surface area contributed by atoms with Crippen molar-refractivity contribution in [2.75, 3.05) is 31.5 Å². The number of likely N-dealkylation sites (tertiary alicyclic amines) is 1. The molecule has 1 fully saturated rings. The average molecular weight is 462 g/mol. The van der Waals surface area contributed by atoms with Gasteiger partial charge in [-0.1, -0.05) is 49.0 Å². The van der Waals surface area contributed by atoms with Crippen molar-refractivity contribution in [3.63, 3.8) is 0 Å². The van der Waals surface area contributed by atoms with E-state index in [9.17, 15) is 18.4 Å². The van der Waals surface area contributed by atoms with Crippen LogP contribution >= 0.6 is 11.8 Å². The number of carbonyl (C=O) groups is 2. The van der Waals surface area contributed by atoms with Crippen LogP contribution in [0.5, 0.6) is 0 Å². The van der Waals surface area contributed by atoms with Crippen LogP contribution in [-0.2, 0) is 4.79 Å². The Balaban J connectivity index is 1.57. The molecule has 0 unspecified atom stereocenters. The summed E-state index contributed by atoms with van der Waals surface area (Å²) in [6.07, 6.45) is 2.49. The molecule has 5 nitrogen and oxygen atoms in total. The lowest BCUT2D eigenvalue weighted by atomic mass is 10.0. The van der Waals surface area contributed by atoms with E-state index in [4.69, 9.17) is 0 Å². The molecule has 1 N–H and O–H groups in total. The lowest BCUT2D eigenvalue weighted by Crippen LogP contribution is -2.49. The fraction of sp³-hybridized carbons (Fsp3) is 0.417. The van der Waals surface area contributed by atoms with Gasteiger partial charge >= 0.3 is 0 Å². The average Bonchev–Trinajstić information content (AvgIpc) is 2.80. The Morgan fingerprint density at radius 2 is 1.75 bits per heavy atom. The number of hydrogen-bond acceptors (Lipinski definition) is 4. The highest BCUT2D eigenvalue weighted by Crippen LogP contribution is 2.31. The smallest absolute Gasteiger partial charge is 0.288 e. The van der Waals surface area contributed by atoms with E-state index in [2.05, 4.69) is 17.1 Å². The summed E-state index contributed by atoms with van der Waals surface area (Å²) < 4.78 is 25.6. The zero-order valence-corrected chi connectivity index (χ0v) is 19.0. The van der Waals surface area contributed by atoms with Crippen LogP contribution in [0.4, 0.5) is 14.5 Å². The zero-order valence-electron chi connectivity index (χ0n) is 18.2. The molecule has 1 heterocycles. The van der Waals surface area contributed by atoms with Crippen LogP contribution in [0.15, 0.2) is 59.5 Å². The molecule has 1 aliphatic rings. The maximum Gasteiger partial charge on any atom is 0.288 e. The summed E-state index contributed by atoms with van der Waals surface area (Å²) in [7, 11) is 0. The van der Waals surface area contributed by atoms with Crippen LogP contribution in [0.1, 0.15) is 36.5 Å². The second-order valence-corrected chi connectivity index (χ2v) is 8.81. The van der Waals surface area contributed by atoms with Crippen LogP contribution in [0.3, 0.4) is 0 Å². The molecule has 0 spiro atoms. The van der Waals surface area contributed by atoms with Gasteiger partial charge in [-0.15, -0.1) is 0 Å². The lowest BCUT2D eigenvalue weighted by Gasteiger charge is -2.38. The summed E-state index contributed by atoms with van der Waals surface area (Å²) in [6.45, 7) is 4.31. The minimum atomic E-state index is -2.55. The standard InChI is InChI=1S/C24H29F2N3O2S/c1-2-14-29(17-22(30)27-20-10-6-7-11-21(20)32-24(25)26)19-12-15-28(16-13-19)23(31)18-8-4-3-5-9-18/h3-11,19,24H,2,12-17H2,1H3,(H,27,30). The van der Waals surface area contributed by atoms with E-state index < -0.39 is 5.76 Å². The SMILES string of the molecule is CCCN(CC(=O)Nc1ccccc1SC(F)F)C1CCN(C(=O)c2ccccc2)CC1. The Morgan fingerprint density at radius 3 is 2.41 bits per heavy atom. The first kappa shape index (κ1) is 24.2. The largest absolute Gasteiger partial charge is 0.339 e. The number of nitrogens with zero attached hydrogens (tertiary/aromatic N) is 2. The van der Waals surface area contributed by atoms with Crippen molar-refractivity contribution in [1.82, 2.24) is 9.80 Å². The van der Waals surface area contributed by atoms with Crippen LogP contribution in [-0.4, -0.2) is 59.6 Å². The molecule has 8 heteroatoms. The molecule has 1 saturated heterocycles. The van der Waals surface area contributed by atoms with Crippen LogP contribution in [0, 0.1) is 0 Å². The summed E-state index contributed by atoms with van der Waals surface area (Å²) >= 11 is 0.426. The molecule has 2 aromatic carbocycles. The van der Waals surface area contributed by atoms with Gasteiger partial charge in [0, 0.05) is 29.6 Å². The summed E-state index contributed by atoms with van der Waals surface area (Å²) in [6, 6.07) is 16.1. The number of nitrogens with one attached hydrogen (secondary N) is 1. The minimum absolute atomic E-state index is 0.0389. The van der Waals surface area contributed by atoms with Crippen molar-refractivity contribution >= 4 is 29.3 Å². The van der Waals surface area contributed by atoms with Crippen molar-refractivity contribution < 1.29 is 18.4 Å². The third kappa shape index (κ3) is 6.77. The molecule has 3 rings (SSSR count). The van der Waals surface area contributed by atoms with Crippen molar-refractivity contribution in [3.05, 3.63) is 60.2 Å². The molecule has 0 aromatic heterocycles. The Labute approximate surface area is 192 Å². The molecule has 0 aliphatic carbocycles. The van der Waals surface area contributed by atoms with Gasteiger partial charge in [0.2, 0.25) is 5.91 Å². The molecule has 0 saturated carbocycles. The van der Waals surface area contributed by atoms with E-state index in [0.717, 1.165) is 25.8 Å². The number of benzene rings is 2. The summed E-state index contributed by atoms with van der Waals surface area (Å²) in [5.74, 6) is -2.73. The number of rotatable bonds is 9. The summed E-state index contributed by atoms with van der Waals surface area (Å²) in [5, 5.41) is 2.79. The van der Waals surface area contributed by atoms with Gasteiger partial charge in [-0.05, 0) is 50.1 Å². The molecule has 32 heavy (non-hydrogen) atoms. The van der Waals surface area contributed by atoms with E-state index >= 15 is 0 Å². The Kier molecular flexibility index (Phi) is 9.05. The highest BCUT2D eigenvalue weighted by molar-refractivity contribution is 7.99. The van der Waals surface area contributed by atoms with Gasteiger partial charge in [0.05, 0.1) is 12.2 Å². The number of para-hydroxylation sites is 1. The highest BCUT2D eigenvalue weighted by atomic mass is 32.2. The van der Waals surface area contributed by atoms with Gasteiger partial charge in [0.25, 0.3) is 11.7 Å². The van der Waals surface area contributed by atoms with Gasteiger partial charge in [-0.3, -0.25) is 14.5 Å². The molecule has 2 aromatic rings. The molecule has 1 aliphatic heterocycles. The Morgan fingerprint density at radius 1 is 1.09 bits per heavy atom. The van der Waals surface area contributed by atoms with Gasteiger partial charge in [0.1, 0.15) is 0 Å². The topological polar surface area (TPSA) is 52.7 Å². The number of thioether (sulfide) groups is 1. The first-order valence-corrected chi connectivity index (χ1v) is 11.8. The van der Waals surface area contributed by atoms with Crippen LogP contribution in [0.2, 0.25) is 0 Å². The van der Waals surface area contributed by atoms with Crippen LogP contribution < -0.4 is 5.32 Å². The number of amides is 2. The second kappa shape index (κ2) is 12.0. The number of alkyl halides is 2. The van der Waals surface area contributed by atoms with Crippen molar-refractivity contribution in [3.8, 4) is 0 Å². The molecule has 0 bridgehead atoms. The Hall–Kier alpha value is -2.45. The quantitative estimate of drug-likeness (QED) is 0.537. The van der Waals surface area contributed by atoms with E-state index in [1.54, 1.807) is 24.3 Å². The predicted octanol–water partition coefficient (Wildman–Crippen LogP) is 4.96. The molecule has 0 atom stereocenters. The maximum absolute atomic E-state index is 12.8. The molecular formula is C24H29F2N3O2S. The maximum atomic E-state index is 12.8. The van der Waals surface area contributed by atoms with Gasteiger partial charge < -0.3 is 10.2 Å². The zero-order chi connectivity index (χ0) is 22.9. The number of piperidine rings is 1. The molecule has 0 radical (unpaired) electrons. The molecule has 172 valence electrons. The van der Waals surface area contributed by atoms with Crippen molar-refractivity contribution in [2.45, 2.75) is 42.9 Å². The summed E-state index contributed by atoms with van der Waals surface area (Å²) in [5.41, 5.74) is 1.10. The van der Waals surface area contributed by atoms with Gasteiger partial charge in [0.15, 0.2) is 0 Å². The van der Waals surface area contributed by atoms with Crippen molar-refractivity contribution in [1.29, 1.82) is 0 Å². The second-order valence-electron chi connectivity index (χ2n) is 7.78. The minimum Gasteiger partial charge on any atom is -0.339 e. The van der Waals surface area contributed by atoms with Gasteiger partial charge in [-0.25, -0.2) is 0 Å². The third-order valence-corrected chi connectivity index (χ3v) is 6.31. The normalized spacial score (nSPS) is 14.7. The van der Waals surface area contributed by atoms with Crippen LogP contribution in [0.25, 0.3) is 0 Å². The van der Waals surface area contributed by atoms with E-state index in [-0.39, 0.29) is 24.4 Å². The van der Waals surface area contributed by atoms with E-state index in [0.29, 0.717) is 41.0 Å². The highest BCUT2D eigenvalue weighted by Gasteiger charge is 2.28. The molecule has 2 amide bonds. The number of anilines is 1. The number of carbonyl (C=O) groups excluding carboxylic acids is 2. The molecular weight excluding hydrogens is 432 g/mol.